The number of nitrogens with one attached hydrogen (secondary N) is 1. The summed E-state index contributed by atoms with van der Waals surface area (Å²) in [5.74, 6) is 0.853. The first-order chi connectivity index (χ1) is 13.2. The lowest BCUT2D eigenvalue weighted by molar-refractivity contribution is -0.122. The number of carbonyl (C=O) groups is 1. The van der Waals surface area contributed by atoms with Crippen LogP contribution in [0.25, 0.3) is 0 Å². The molecule has 1 aliphatic rings. The Kier molecular flexibility index (Phi) is 8.93. The molecule has 3 rings (SSSR count). The lowest BCUT2D eigenvalue weighted by Crippen LogP contribution is -2.36. The number of rotatable bonds is 8. The molecule has 0 aliphatic carbocycles. The molecule has 1 heterocycles. The number of hydrogen-bond donors (Lipinski definition) is 2. The molecule has 1 aliphatic heterocycles. The standard InChI is InChI=1S/C22H29N3O2.ClH/c1-27-16-18-9-7-17(8-10-18)12-24-22(26)15-25-13-20(11-23)21(14-25)19-5-3-2-4-6-19;/h2-10,20-21H,11-16,23H2,1H3,(H,24,26);1H/t20-,21+;/m1./s1. The Balaban J connectivity index is 0.00000280. The highest BCUT2D eigenvalue weighted by Crippen LogP contribution is 2.31. The van der Waals surface area contributed by atoms with Crippen LogP contribution in [-0.4, -0.2) is 44.1 Å². The smallest absolute Gasteiger partial charge is 0.234 e. The topological polar surface area (TPSA) is 67.6 Å². The van der Waals surface area contributed by atoms with Gasteiger partial charge >= 0.3 is 0 Å². The highest BCUT2D eigenvalue weighted by molar-refractivity contribution is 5.85. The molecule has 5 nitrogen and oxygen atoms in total. The minimum absolute atomic E-state index is 0. The molecule has 0 unspecified atom stereocenters. The number of nitrogens with two attached hydrogens (primary N) is 1. The molecular weight excluding hydrogens is 374 g/mol. The highest BCUT2D eigenvalue weighted by atomic mass is 35.5. The van der Waals surface area contributed by atoms with Gasteiger partial charge in [0.1, 0.15) is 0 Å². The molecule has 28 heavy (non-hydrogen) atoms. The Morgan fingerprint density at radius 1 is 1.11 bits per heavy atom. The van der Waals surface area contributed by atoms with Gasteiger partial charge in [0.25, 0.3) is 0 Å². The highest BCUT2D eigenvalue weighted by Gasteiger charge is 2.33. The van der Waals surface area contributed by atoms with Crippen LogP contribution < -0.4 is 11.1 Å². The first kappa shape index (κ1) is 22.4. The van der Waals surface area contributed by atoms with Gasteiger partial charge in [-0.2, -0.15) is 0 Å². The molecule has 1 fully saturated rings. The van der Waals surface area contributed by atoms with Crippen LogP contribution in [0.1, 0.15) is 22.6 Å². The minimum Gasteiger partial charge on any atom is -0.380 e. The van der Waals surface area contributed by atoms with Gasteiger partial charge in [-0.05, 0) is 29.2 Å². The minimum atomic E-state index is 0. The van der Waals surface area contributed by atoms with Crippen molar-refractivity contribution in [1.29, 1.82) is 0 Å². The number of likely N-dealkylation sites (tertiary alicyclic amines) is 1. The predicted molar refractivity (Wildman–Crippen MR) is 114 cm³/mol. The summed E-state index contributed by atoms with van der Waals surface area (Å²) in [7, 11) is 1.68. The first-order valence-corrected chi connectivity index (χ1v) is 9.50. The molecule has 2 aromatic carbocycles. The van der Waals surface area contributed by atoms with Gasteiger partial charge in [0.05, 0.1) is 13.2 Å². The molecule has 0 bridgehead atoms. The van der Waals surface area contributed by atoms with Crippen molar-refractivity contribution in [2.24, 2.45) is 11.7 Å². The van der Waals surface area contributed by atoms with E-state index >= 15 is 0 Å². The number of hydrogen-bond acceptors (Lipinski definition) is 4. The second-order valence-electron chi connectivity index (χ2n) is 7.23. The van der Waals surface area contributed by atoms with Gasteiger partial charge < -0.3 is 15.8 Å². The van der Waals surface area contributed by atoms with Crippen molar-refractivity contribution in [2.75, 3.05) is 33.3 Å². The van der Waals surface area contributed by atoms with E-state index in [0.29, 0.717) is 38.1 Å². The third-order valence-electron chi connectivity index (χ3n) is 5.24. The van der Waals surface area contributed by atoms with Crippen molar-refractivity contribution in [3.05, 3.63) is 71.3 Å². The summed E-state index contributed by atoms with van der Waals surface area (Å²) < 4.78 is 5.11. The van der Waals surface area contributed by atoms with Crippen LogP contribution in [0.5, 0.6) is 0 Å². The number of amides is 1. The molecule has 6 heteroatoms. The van der Waals surface area contributed by atoms with E-state index in [0.717, 1.165) is 24.2 Å². The number of carbonyl (C=O) groups excluding carboxylic acids is 1. The number of methoxy groups -OCH3 is 1. The predicted octanol–water partition coefficient (Wildman–Crippen LogP) is 2.55. The van der Waals surface area contributed by atoms with E-state index in [1.54, 1.807) is 7.11 Å². The number of ether oxygens (including phenoxy) is 1. The molecule has 1 saturated heterocycles. The maximum atomic E-state index is 12.4. The van der Waals surface area contributed by atoms with Gasteiger partial charge in [0.2, 0.25) is 5.91 Å². The van der Waals surface area contributed by atoms with Gasteiger partial charge in [-0.3, -0.25) is 9.69 Å². The van der Waals surface area contributed by atoms with Crippen molar-refractivity contribution in [2.45, 2.75) is 19.1 Å². The van der Waals surface area contributed by atoms with Gasteiger partial charge in [0, 0.05) is 32.7 Å². The monoisotopic (exact) mass is 403 g/mol. The van der Waals surface area contributed by atoms with E-state index in [1.807, 2.05) is 30.3 Å². The second kappa shape index (κ2) is 11.2. The summed E-state index contributed by atoms with van der Waals surface area (Å²) in [6.07, 6.45) is 0. The third-order valence-corrected chi connectivity index (χ3v) is 5.24. The van der Waals surface area contributed by atoms with Crippen LogP contribution in [0.4, 0.5) is 0 Å². The van der Waals surface area contributed by atoms with E-state index in [2.05, 4.69) is 34.5 Å². The fourth-order valence-electron chi connectivity index (χ4n) is 3.79. The SMILES string of the molecule is COCc1ccc(CNC(=O)CN2C[C@@H](CN)[C@H](c3ccccc3)C2)cc1.Cl. The largest absolute Gasteiger partial charge is 0.380 e. The molecule has 0 saturated carbocycles. The Morgan fingerprint density at radius 2 is 1.79 bits per heavy atom. The summed E-state index contributed by atoms with van der Waals surface area (Å²) in [5, 5.41) is 3.02. The van der Waals surface area contributed by atoms with Crippen molar-refractivity contribution < 1.29 is 9.53 Å². The van der Waals surface area contributed by atoms with E-state index in [1.165, 1.54) is 5.56 Å². The van der Waals surface area contributed by atoms with E-state index in [-0.39, 0.29) is 18.3 Å². The van der Waals surface area contributed by atoms with E-state index < -0.39 is 0 Å². The Morgan fingerprint density at radius 3 is 2.43 bits per heavy atom. The Hall–Kier alpha value is -1.92. The van der Waals surface area contributed by atoms with E-state index in [9.17, 15) is 4.79 Å². The Labute approximate surface area is 173 Å². The molecule has 0 radical (unpaired) electrons. The van der Waals surface area contributed by atoms with Crippen LogP contribution in [0.2, 0.25) is 0 Å². The summed E-state index contributed by atoms with van der Waals surface area (Å²) >= 11 is 0. The molecular formula is C22H30ClN3O2. The molecule has 152 valence electrons. The molecule has 2 atom stereocenters. The number of benzene rings is 2. The number of nitrogens with zero attached hydrogens (tertiary/aromatic N) is 1. The van der Waals surface area contributed by atoms with Crippen LogP contribution in [0.3, 0.4) is 0 Å². The third kappa shape index (κ3) is 6.04. The summed E-state index contributed by atoms with van der Waals surface area (Å²) in [6.45, 7) is 3.96. The van der Waals surface area contributed by atoms with Gasteiger partial charge in [-0.15, -0.1) is 12.4 Å². The lowest BCUT2D eigenvalue weighted by Gasteiger charge is -2.16. The van der Waals surface area contributed by atoms with Gasteiger partial charge in [-0.25, -0.2) is 0 Å². The first-order valence-electron chi connectivity index (χ1n) is 9.50. The number of halogens is 1. The van der Waals surface area contributed by atoms with Crippen LogP contribution >= 0.6 is 12.4 Å². The average molecular weight is 404 g/mol. The maximum absolute atomic E-state index is 12.4. The van der Waals surface area contributed by atoms with Gasteiger partial charge in [0.15, 0.2) is 0 Å². The fourth-order valence-corrected chi connectivity index (χ4v) is 3.79. The molecule has 0 aromatic heterocycles. The maximum Gasteiger partial charge on any atom is 0.234 e. The fraction of sp³-hybridized carbons (Fsp3) is 0.409. The Bertz CT molecular complexity index is 724. The van der Waals surface area contributed by atoms with Crippen LogP contribution in [0, 0.1) is 5.92 Å². The molecule has 2 aromatic rings. The van der Waals surface area contributed by atoms with Gasteiger partial charge in [-0.1, -0.05) is 54.6 Å². The summed E-state index contributed by atoms with van der Waals surface area (Å²) in [5.41, 5.74) is 9.52. The average Bonchev–Trinajstić information content (AvgIpc) is 3.11. The molecule has 0 spiro atoms. The van der Waals surface area contributed by atoms with Crippen LogP contribution in [0.15, 0.2) is 54.6 Å². The van der Waals surface area contributed by atoms with Crippen LogP contribution in [-0.2, 0) is 22.7 Å². The zero-order valence-electron chi connectivity index (χ0n) is 16.3. The normalized spacial score (nSPS) is 19.2. The summed E-state index contributed by atoms with van der Waals surface area (Å²) in [4.78, 5) is 14.6. The van der Waals surface area contributed by atoms with Crippen molar-refractivity contribution in [3.8, 4) is 0 Å². The zero-order valence-corrected chi connectivity index (χ0v) is 17.2. The molecule has 1 amide bonds. The van der Waals surface area contributed by atoms with Crippen molar-refractivity contribution in [1.82, 2.24) is 10.2 Å². The zero-order chi connectivity index (χ0) is 19.1. The second-order valence-corrected chi connectivity index (χ2v) is 7.23. The summed E-state index contributed by atoms with van der Waals surface area (Å²) in [6, 6.07) is 18.6. The quantitative estimate of drug-likeness (QED) is 0.710. The van der Waals surface area contributed by atoms with Crippen molar-refractivity contribution >= 4 is 18.3 Å². The van der Waals surface area contributed by atoms with E-state index in [4.69, 9.17) is 10.5 Å². The van der Waals surface area contributed by atoms with Crippen molar-refractivity contribution in [3.63, 3.8) is 0 Å². The molecule has 3 N–H and O–H groups in total. The lowest BCUT2D eigenvalue weighted by atomic mass is 9.89.